The fourth-order valence-corrected chi connectivity index (χ4v) is 4.68. The Balaban J connectivity index is 1.88. The lowest BCUT2D eigenvalue weighted by Crippen LogP contribution is -2.25. The molecule has 0 aliphatic carbocycles. The number of nitrogens with one attached hydrogen (secondary N) is 1. The van der Waals surface area contributed by atoms with Crippen LogP contribution in [0.25, 0.3) is 0 Å². The number of hydrogen-bond donors (Lipinski definition) is 1. The number of para-hydroxylation sites is 1. The molecule has 5 nitrogen and oxygen atoms in total. The number of sulfonamides is 1. The molecule has 1 heterocycles. The highest BCUT2D eigenvalue weighted by Crippen LogP contribution is 2.26. The van der Waals surface area contributed by atoms with Crippen molar-refractivity contribution in [3.05, 3.63) is 59.2 Å². The topological polar surface area (TPSA) is 66.5 Å². The van der Waals surface area contributed by atoms with E-state index in [1.165, 1.54) is 4.31 Å². The van der Waals surface area contributed by atoms with Gasteiger partial charge in [0.25, 0.3) is 5.91 Å². The first-order valence-electron chi connectivity index (χ1n) is 8.42. The Morgan fingerprint density at radius 2 is 1.96 bits per heavy atom. The van der Waals surface area contributed by atoms with Gasteiger partial charge in [-0.3, -0.25) is 9.10 Å². The molecule has 6 heteroatoms. The smallest absolute Gasteiger partial charge is 0.255 e. The Morgan fingerprint density at radius 3 is 2.64 bits per heavy atom. The second kappa shape index (κ2) is 6.88. The van der Waals surface area contributed by atoms with Crippen molar-refractivity contribution in [1.29, 1.82) is 0 Å². The summed E-state index contributed by atoms with van der Waals surface area (Å²) >= 11 is 0. The molecule has 2 aromatic carbocycles. The molecular weight excluding hydrogens is 336 g/mol. The molecule has 0 aromatic heterocycles. The van der Waals surface area contributed by atoms with E-state index in [1.807, 2.05) is 32.0 Å². The first-order chi connectivity index (χ1) is 11.9. The molecule has 0 saturated carbocycles. The van der Waals surface area contributed by atoms with E-state index in [0.717, 1.165) is 23.2 Å². The van der Waals surface area contributed by atoms with E-state index < -0.39 is 10.0 Å². The average molecular weight is 358 g/mol. The number of aryl methyl sites for hydroxylation is 2. The molecule has 1 N–H and O–H groups in total. The van der Waals surface area contributed by atoms with Gasteiger partial charge in [0.1, 0.15) is 0 Å². The summed E-state index contributed by atoms with van der Waals surface area (Å²) in [6.07, 6.45) is 1.44. The minimum absolute atomic E-state index is 0.159. The predicted molar refractivity (Wildman–Crippen MR) is 101 cm³/mol. The Bertz CT molecular complexity index is 907. The average Bonchev–Trinajstić information content (AvgIpc) is 2.96. The van der Waals surface area contributed by atoms with Gasteiger partial charge in [-0.05, 0) is 49.1 Å². The summed E-state index contributed by atoms with van der Waals surface area (Å²) in [6, 6.07) is 12.7. The molecule has 1 aliphatic heterocycles. The van der Waals surface area contributed by atoms with Crippen LogP contribution < -0.4 is 9.62 Å². The Hall–Kier alpha value is -2.34. The zero-order valence-electron chi connectivity index (χ0n) is 14.5. The lowest BCUT2D eigenvalue weighted by Gasteiger charge is -2.18. The number of carbonyl (C=O) groups is 1. The number of hydrogen-bond acceptors (Lipinski definition) is 3. The van der Waals surface area contributed by atoms with Crippen LogP contribution in [0.4, 0.5) is 11.4 Å². The lowest BCUT2D eigenvalue weighted by molar-refractivity contribution is 0.102. The highest BCUT2D eigenvalue weighted by Gasteiger charge is 2.28. The largest absolute Gasteiger partial charge is 0.321 e. The molecule has 3 rings (SSSR count). The van der Waals surface area contributed by atoms with Crippen molar-refractivity contribution in [3.63, 3.8) is 0 Å². The van der Waals surface area contributed by atoms with E-state index in [-0.39, 0.29) is 11.7 Å². The summed E-state index contributed by atoms with van der Waals surface area (Å²) in [5.41, 5.74) is 3.90. The van der Waals surface area contributed by atoms with E-state index in [0.29, 0.717) is 24.2 Å². The molecular formula is C19H22N2O3S. The monoisotopic (exact) mass is 358 g/mol. The standard InChI is InChI=1S/C19H22N2O3S/c1-3-15-8-4-7-14(2)18(15)20-19(22)16-9-5-10-17(13-16)21-11-6-12-25(21,23)24/h4-5,7-10,13H,3,6,11-12H2,1-2H3,(H,20,22). The van der Waals surface area contributed by atoms with Crippen molar-refractivity contribution in [2.24, 2.45) is 0 Å². The van der Waals surface area contributed by atoms with E-state index in [1.54, 1.807) is 24.3 Å². The summed E-state index contributed by atoms with van der Waals surface area (Å²) < 4.78 is 25.6. The fourth-order valence-electron chi connectivity index (χ4n) is 3.12. The van der Waals surface area contributed by atoms with Crippen LogP contribution in [0.1, 0.15) is 34.8 Å². The Morgan fingerprint density at radius 1 is 1.20 bits per heavy atom. The number of benzene rings is 2. The lowest BCUT2D eigenvalue weighted by atomic mass is 10.1. The summed E-state index contributed by atoms with van der Waals surface area (Å²) in [5, 5.41) is 2.98. The third-order valence-electron chi connectivity index (χ3n) is 4.47. The molecule has 0 spiro atoms. The van der Waals surface area contributed by atoms with Gasteiger partial charge in [-0.1, -0.05) is 31.2 Å². The molecule has 2 aromatic rings. The number of anilines is 2. The van der Waals surface area contributed by atoms with Crippen LogP contribution in [0.15, 0.2) is 42.5 Å². The van der Waals surface area contributed by atoms with Gasteiger partial charge in [0, 0.05) is 17.8 Å². The van der Waals surface area contributed by atoms with Gasteiger partial charge in [-0.15, -0.1) is 0 Å². The molecule has 0 bridgehead atoms. The second-order valence-corrected chi connectivity index (χ2v) is 8.22. The number of rotatable bonds is 4. The summed E-state index contributed by atoms with van der Waals surface area (Å²) in [4.78, 5) is 12.7. The summed E-state index contributed by atoms with van der Waals surface area (Å²) in [6.45, 7) is 4.47. The van der Waals surface area contributed by atoms with Crippen molar-refractivity contribution >= 4 is 27.3 Å². The Kier molecular flexibility index (Phi) is 4.81. The van der Waals surface area contributed by atoms with Gasteiger partial charge in [0.05, 0.1) is 11.4 Å². The SMILES string of the molecule is CCc1cccc(C)c1NC(=O)c1cccc(N2CCCS2(=O)=O)c1. The van der Waals surface area contributed by atoms with Gasteiger partial charge >= 0.3 is 0 Å². The molecule has 25 heavy (non-hydrogen) atoms. The quantitative estimate of drug-likeness (QED) is 0.911. The van der Waals surface area contributed by atoms with Crippen molar-refractivity contribution in [1.82, 2.24) is 0 Å². The van der Waals surface area contributed by atoms with E-state index in [9.17, 15) is 13.2 Å². The minimum Gasteiger partial charge on any atom is -0.321 e. The highest BCUT2D eigenvalue weighted by atomic mass is 32.2. The van der Waals surface area contributed by atoms with Gasteiger partial charge in [0.2, 0.25) is 10.0 Å². The summed E-state index contributed by atoms with van der Waals surface area (Å²) in [5.74, 6) is -0.0746. The van der Waals surface area contributed by atoms with Crippen LogP contribution in [0, 0.1) is 6.92 Å². The van der Waals surface area contributed by atoms with E-state index in [2.05, 4.69) is 5.32 Å². The third-order valence-corrected chi connectivity index (χ3v) is 6.34. The normalized spacial score (nSPS) is 16.0. The van der Waals surface area contributed by atoms with Gasteiger partial charge in [0.15, 0.2) is 0 Å². The molecule has 1 saturated heterocycles. The van der Waals surface area contributed by atoms with E-state index in [4.69, 9.17) is 0 Å². The molecule has 1 aliphatic rings. The molecule has 0 radical (unpaired) electrons. The van der Waals surface area contributed by atoms with E-state index >= 15 is 0 Å². The van der Waals surface area contributed by atoms with Gasteiger partial charge in [-0.25, -0.2) is 8.42 Å². The molecule has 132 valence electrons. The van der Waals surface area contributed by atoms with Crippen LogP contribution in [-0.2, 0) is 16.4 Å². The minimum atomic E-state index is -3.26. The van der Waals surface area contributed by atoms with Crippen LogP contribution >= 0.6 is 0 Å². The van der Waals surface area contributed by atoms with Gasteiger partial charge < -0.3 is 5.32 Å². The first-order valence-corrected chi connectivity index (χ1v) is 10.0. The molecule has 0 atom stereocenters. The summed E-state index contributed by atoms with van der Waals surface area (Å²) in [7, 11) is -3.26. The van der Waals surface area contributed by atoms with Crippen molar-refractivity contribution in [2.75, 3.05) is 21.9 Å². The van der Waals surface area contributed by atoms with Crippen LogP contribution in [0.2, 0.25) is 0 Å². The van der Waals surface area contributed by atoms with Crippen LogP contribution in [-0.4, -0.2) is 26.6 Å². The van der Waals surface area contributed by atoms with Gasteiger partial charge in [-0.2, -0.15) is 0 Å². The maximum atomic E-state index is 12.7. The van der Waals surface area contributed by atoms with Crippen molar-refractivity contribution in [2.45, 2.75) is 26.7 Å². The zero-order valence-corrected chi connectivity index (χ0v) is 15.3. The zero-order chi connectivity index (χ0) is 18.0. The number of amides is 1. The molecule has 1 amide bonds. The maximum absolute atomic E-state index is 12.7. The van der Waals surface area contributed by atoms with Crippen molar-refractivity contribution < 1.29 is 13.2 Å². The van der Waals surface area contributed by atoms with Crippen LogP contribution in [0.3, 0.4) is 0 Å². The van der Waals surface area contributed by atoms with Crippen LogP contribution in [0.5, 0.6) is 0 Å². The molecule has 1 fully saturated rings. The van der Waals surface area contributed by atoms with Crippen molar-refractivity contribution in [3.8, 4) is 0 Å². The second-order valence-electron chi connectivity index (χ2n) is 6.21. The Labute approximate surface area is 148 Å². The third kappa shape index (κ3) is 3.54. The maximum Gasteiger partial charge on any atom is 0.255 e. The fraction of sp³-hybridized carbons (Fsp3) is 0.316. The number of carbonyl (C=O) groups excluding carboxylic acids is 1. The first kappa shape index (κ1) is 17.5. The predicted octanol–water partition coefficient (Wildman–Crippen LogP) is 3.35. The number of nitrogens with zero attached hydrogens (tertiary/aromatic N) is 1. The highest BCUT2D eigenvalue weighted by molar-refractivity contribution is 7.93. The molecule has 0 unspecified atom stereocenters.